The van der Waals surface area contributed by atoms with Crippen LogP contribution >= 0.6 is 0 Å². The first-order chi connectivity index (χ1) is 29.3. The number of aliphatic hydroxyl groups is 1. The third kappa shape index (κ3) is 32.1. The highest BCUT2D eigenvalue weighted by molar-refractivity contribution is 5.85. The van der Waals surface area contributed by atoms with Crippen LogP contribution in [-0.2, 0) is 23.9 Å². The summed E-state index contributed by atoms with van der Waals surface area (Å²) >= 11 is 0. The van der Waals surface area contributed by atoms with Gasteiger partial charge in [-0.1, -0.05) is 169 Å². The molecule has 354 valence electrons. The van der Waals surface area contributed by atoms with E-state index in [1.165, 1.54) is 116 Å². The molecule has 60 heavy (non-hydrogen) atoms. The van der Waals surface area contributed by atoms with E-state index in [9.17, 15) is 19.5 Å². The molecule has 0 spiro atoms. The number of amides is 1. The van der Waals surface area contributed by atoms with Gasteiger partial charge in [-0.25, -0.2) is 0 Å². The van der Waals surface area contributed by atoms with Crippen LogP contribution in [0.4, 0.5) is 0 Å². The molecule has 0 radical (unpaired) electrons. The monoisotopic (exact) mass is 849 g/mol. The first kappa shape index (κ1) is 56.3. The highest BCUT2D eigenvalue weighted by atomic mass is 16.5. The summed E-state index contributed by atoms with van der Waals surface area (Å²) < 4.78 is 11.7. The number of ether oxygens (including phenoxy) is 2. The number of nitrogens with one attached hydrogen (secondary N) is 1. The Morgan fingerprint density at radius 1 is 0.533 bits per heavy atom. The minimum absolute atomic E-state index is 0.00535. The summed E-state index contributed by atoms with van der Waals surface area (Å²) in [6.45, 7) is 13.3. The number of unbranched alkanes of at least 4 members (excludes halogenated alkanes) is 20. The molecule has 1 fully saturated rings. The van der Waals surface area contributed by atoms with Crippen molar-refractivity contribution in [3.8, 4) is 0 Å². The fourth-order valence-corrected chi connectivity index (χ4v) is 8.55. The van der Waals surface area contributed by atoms with Gasteiger partial charge in [0.25, 0.3) is 0 Å². The Morgan fingerprint density at radius 3 is 1.48 bits per heavy atom. The lowest BCUT2D eigenvalue weighted by atomic mass is 9.93. The highest BCUT2D eigenvalue weighted by Gasteiger charge is 2.49. The summed E-state index contributed by atoms with van der Waals surface area (Å²) in [6.07, 6.45) is 40.3. The van der Waals surface area contributed by atoms with Crippen LogP contribution in [0.2, 0.25) is 0 Å². The smallest absolute Gasteiger partial charge is 0.306 e. The molecular weight excluding hydrogens is 749 g/mol. The van der Waals surface area contributed by atoms with Crippen LogP contribution in [-0.4, -0.2) is 73.3 Å². The number of carbonyl (C=O) groups is 3. The average molecular weight is 849 g/mol. The van der Waals surface area contributed by atoms with Gasteiger partial charge in [0.15, 0.2) is 0 Å². The summed E-state index contributed by atoms with van der Waals surface area (Å²) in [4.78, 5) is 40.3. The van der Waals surface area contributed by atoms with Gasteiger partial charge in [0.2, 0.25) is 5.91 Å². The fraction of sp³-hybridized carbons (Fsp3) is 0.942. The van der Waals surface area contributed by atoms with Crippen molar-refractivity contribution in [2.75, 3.05) is 39.4 Å². The van der Waals surface area contributed by atoms with Crippen molar-refractivity contribution in [1.29, 1.82) is 0 Å². The van der Waals surface area contributed by atoms with Crippen molar-refractivity contribution >= 4 is 17.8 Å². The van der Waals surface area contributed by atoms with Gasteiger partial charge >= 0.3 is 11.9 Å². The molecule has 0 saturated heterocycles. The molecule has 0 unspecified atom stereocenters. The van der Waals surface area contributed by atoms with E-state index in [4.69, 9.17) is 9.47 Å². The van der Waals surface area contributed by atoms with Crippen molar-refractivity contribution in [2.45, 2.75) is 265 Å². The van der Waals surface area contributed by atoms with Crippen molar-refractivity contribution in [2.24, 2.45) is 11.3 Å². The maximum absolute atomic E-state index is 12.9. The first-order valence-corrected chi connectivity index (χ1v) is 26.3. The molecule has 1 saturated carbocycles. The molecule has 0 aromatic rings. The number of hydrogen-bond acceptors (Lipinski definition) is 7. The number of aliphatic hydroxyl groups excluding tert-OH is 1. The predicted molar refractivity (Wildman–Crippen MR) is 252 cm³/mol. The van der Waals surface area contributed by atoms with Crippen LogP contribution in [0.1, 0.15) is 259 Å². The van der Waals surface area contributed by atoms with E-state index in [-0.39, 0.29) is 30.6 Å². The SMILES string of the molecule is CCCCCCCCC(CCCCCCCC)OC(=O)CCCCCCCN(CCCCCCCC(=O)OCCC(CCCC)CCCC)CCCNC(=O)C1(CO)CC1. The summed E-state index contributed by atoms with van der Waals surface area (Å²) in [5.41, 5.74) is -0.512. The van der Waals surface area contributed by atoms with E-state index in [0.29, 0.717) is 31.9 Å². The largest absolute Gasteiger partial charge is 0.466 e. The molecule has 0 aromatic heterocycles. The van der Waals surface area contributed by atoms with E-state index >= 15 is 0 Å². The normalized spacial score (nSPS) is 13.4. The molecule has 1 aliphatic rings. The Morgan fingerprint density at radius 2 is 0.983 bits per heavy atom. The van der Waals surface area contributed by atoms with Crippen LogP contribution in [0.25, 0.3) is 0 Å². The van der Waals surface area contributed by atoms with Gasteiger partial charge in [-0.2, -0.15) is 0 Å². The third-order valence-electron chi connectivity index (χ3n) is 13.1. The zero-order chi connectivity index (χ0) is 43.8. The maximum Gasteiger partial charge on any atom is 0.306 e. The van der Waals surface area contributed by atoms with Crippen LogP contribution in [0.15, 0.2) is 0 Å². The lowest BCUT2D eigenvalue weighted by molar-refractivity contribution is -0.150. The van der Waals surface area contributed by atoms with Crippen molar-refractivity contribution in [3.63, 3.8) is 0 Å². The molecule has 0 bridgehead atoms. The fourth-order valence-electron chi connectivity index (χ4n) is 8.55. The predicted octanol–water partition coefficient (Wildman–Crippen LogP) is 13.6. The van der Waals surface area contributed by atoms with Crippen molar-refractivity contribution in [3.05, 3.63) is 0 Å². The van der Waals surface area contributed by atoms with Crippen LogP contribution in [0.3, 0.4) is 0 Å². The number of rotatable bonds is 46. The highest BCUT2D eigenvalue weighted by Crippen LogP contribution is 2.45. The second kappa shape index (κ2) is 40.1. The quantitative estimate of drug-likeness (QED) is 0.0464. The number of nitrogens with zero attached hydrogens (tertiary/aromatic N) is 1. The minimum Gasteiger partial charge on any atom is -0.466 e. The van der Waals surface area contributed by atoms with Gasteiger partial charge in [0, 0.05) is 19.4 Å². The summed E-state index contributed by atoms with van der Waals surface area (Å²) in [7, 11) is 0. The summed E-state index contributed by atoms with van der Waals surface area (Å²) in [5, 5.41) is 12.7. The lowest BCUT2D eigenvalue weighted by Gasteiger charge is -2.23. The molecule has 1 rings (SSSR count). The van der Waals surface area contributed by atoms with E-state index in [2.05, 4.69) is 37.9 Å². The van der Waals surface area contributed by atoms with Gasteiger partial charge in [-0.15, -0.1) is 0 Å². The molecule has 8 nitrogen and oxygen atoms in total. The molecule has 1 amide bonds. The standard InChI is InChI=1S/C52H100N2O6/c1-5-9-13-15-19-25-34-48(35-26-20-16-14-10-6-2)60-50(57)37-28-22-18-24-30-43-54(44-31-41-53-51(58)52(46-55)39-40-52)42-29-23-17-21-27-36-49(56)59-45-38-47(32-11-7-3)33-12-8-4/h47-48,55H,5-46H2,1-4H3,(H,53,58). The van der Waals surface area contributed by atoms with Gasteiger partial charge in [-0.05, 0) is 103 Å². The van der Waals surface area contributed by atoms with Crippen LogP contribution in [0.5, 0.6) is 0 Å². The number of hydrogen-bond donors (Lipinski definition) is 2. The Kier molecular flexibility index (Phi) is 37.7. The molecule has 0 aliphatic heterocycles. The van der Waals surface area contributed by atoms with E-state index < -0.39 is 5.41 Å². The Balaban J connectivity index is 2.36. The Bertz CT molecular complexity index is 979. The van der Waals surface area contributed by atoms with Gasteiger partial charge in [0.05, 0.1) is 18.6 Å². The van der Waals surface area contributed by atoms with Crippen LogP contribution < -0.4 is 5.32 Å². The van der Waals surface area contributed by atoms with Gasteiger partial charge < -0.3 is 24.8 Å². The Labute approximate surface area is 371 Å². The third-order valence-corrected chi connectivity index (χ3v) is 13.1. The molecule has 2 N–H and O–H groups in total. The van der Waals surface area contributed by atoms with E-state index in [1.807, 2.05) is 0 Å². The van der Waals surface area contributed by atoms with Crippen LogP contribution in [0, 0.1) is 11.3 Å². The summed E-state index contributed by atoms with van der Waals surface area (Å²) in [5.74, 6) is 0.677. The zero-order valence-corrected chi connectivity index (χ0v) is 40.3. The topological polar surface area (TPSA) is 105 Å². The molecule has 8 heteroatoms. The minimum atomic E-state index is -0.512. The molecule has 0 heterocycles. The van der Waals surface area contributed by atoms with E-state index in [0.717, 1.165) is 122 Å². The Hall–Kier alpha value is -1.67. The maximum atomic E-state index is 12.9. The van der Waals surface area contributed by atoms with Gasteiger partial charge in [0.1, 0.15) is 6.10 Å². The summed E-state index contributed by atoms with van der Waals surface area (Å²) in [6, 6.07) is 0. The zero-order valence-electron chi connectivity index (χ0n) is 40.3. The number of esters is 2. The molecule has 0 atom stereocenters. The first-order valence-electron chi connectivity index (χ1n) is 26.3. The van der Waals surface area contributed by atoms with Crippen molar-refractivity contribution in [1.82, 2.24) is 10.2 Å². The number of carbonyl (C=O) groups excluding carboxylic acids is 3. The molecule has 1 aliphatic carbocycles. The second-order valence-corrected chi connectivity index (χ2v) is 18.8. The van der Waals surface area contributed by atoms with E-state index in [1.54, 1.807) is 0 Å². The van der Waals surface area contributed by atoms with Crippen molar-refractivity contribution < 1.29 is 29.0 Å². The van der Waals surface area contributed by atoms with Gasteiger partial charge in [-0.3, -0.25) is 14.4 Å². The lowest BCUT2D eigenvalue weighted by Crippen LogP contribution is -2.36. The average Bonchev–Trinajstić information content (AvgIpc) is 4.06. The molecule has 0 aromatic carbocycles. The molecular formula is C52H100N2O6. The second-order valence-electron chi connectivity index (χ2n) is 18.8.